The molecule has 0 bridgehead atoms. The van der Waals surface area contributed by atoms with Crippen molar-refractivity contribution in [2.45, 2.75) is 25.7 Å². The normalized spacial score (nSPS) is 14.0. The van der Waals surface area contributed by atoms with Crippen molar-refractivity contribution in [3.63, 3.8) is 0 Å². The van der Waals surface area contributed by atoms with E-state index in [0.717, 1.165) is 58.3 Å². The van der Waals surface area contributed by atoms with Crippen LogP contribution < -0.4 is 4.74 Å². The monoisotopic (exact) mass is 489 g/mol. The molecule has 1 heterocycles. The van der Waals surface area contributed by atoms with Gasteiger partial charge in [-0.05, 0) is 78.8 Å². The van der Waals surface area contributed by atoms with Crippen molar-refractivity contribution in [1.29, 1.82) is 0 Å². The lowest BCUT2D eigenvalue weighted by Gasteiger charge is -2.23. The van der Waals surface area contributed by atoms with Gasteiger partial charge in [-0.3, -0.25) is 0 Å². The number of ether oxygens (including phenoxy) is 1. The highest BCUT2D eigenvalue weighted by molar-refractivity contribution is 9.10. The molecule has 1 aliphatic carbocycles. The summed E-state index contributed by atoms with van der Waals surface area (Å²) in [5.74, 6) is -0.198. The lowest BCUT2D eigenvalue weighted by atomic mass is 9.85. The summed E-state index contributed by atoms with van der Waals surface area (Å²) in [5.41, 5.74) is 5.24. The summed E-state index contributed by atoms with van der Waals surface area (Å²) in [6, 6.07) is 21.4. The summed E-state index contributed by atoms with van der Waals surface area (Å²) >= 11 is 3.60. The van der Waals surface area contributed by atoms with Crippen LogP contribution >= 0.6 is 15.9 Å². The first-order valence-corrected chi connectivity index (χ1v) is 11.5. The minimum Gasteiger partial charge on any atom is -0.489 e. The number of aromatic nitrogens is 1. The fourth-order valence-corrected chi connectivity index (χ4v) is 4.32. The zero-order valence-electron chi connectivity index (χ0n) is 17.6. The molecule has 32 heavy (non-hydrogen) atoms. The Morgan fingerprint density at radius 3 is 2.56 bits per heavy atom. The Morgan fingerprint density at radius 2 is 1.78 bits per heavy atom. The zero-order valence-corrected chi connectivity index (χ0v) is 19.2. The highest BCUT2D eigenvalue weighted by Gasteiger charge is 2.21. The lowest BCUT2D eigenvalue weighted by molar-refractivity contribution is 0.0690. The average Bonchev–Trinajstić information content (AvgIpc) is 2.83. The lowest BCUT2D eigenvalue weighted by Crippen LogP contribution is -2.06. The van der Waals surface area contributed by atoms with Gasteiger partial charge in [-0.15, -0.1) is 0 Å². The van der Waals surface area contributed by atoms with Gasteiger partial charge in [-0.2, -0.15) is 0 Å². The second-order valence-electron chi connectivity index (χ2n) is 7.64. The molecule has 4 nitrogen and oxygen atoms in total. The van der Waals surface area contributed by atoms with Crippen LogP contribution in [0.15, 0.2) is 77.3 Å². The minimum absolute atomic E-state index is 0.0664. The van der Waals surface area contributed by atoms with Crippen LogP contribution in [0, 0.1) is 0 Å². The summed E-state index contributed by atoms with van der Waals surface area (Å²) in [6.45, 7) is 0.457. The molecule has 0 amide bonds. The third-order valence-corrected chi connectivity index (χ3v) is 5.95. The van der Waals surface area contributed by atoms with Crippen molar-refractivity contribution in [2.24, 2.45) is 0 Å². The Labute approximate surface area is 196 Å². The number of hydrogen-bond donors (Lipinski definition) is 1. The van der Waals surface area contributed by atoms with E-state index in [0.29, 0.717) is 6.61 Å². The molecular formula is C27H24BrNO3. The van der Waals surface area contributed by atoms with Crippen molar-refractivity contribution >= 4 is 39.1 Å². The number of allylic oxidation sites excluding steroid dienone is 2. The van der Waals surface area contributed by atoms with Gasteiger partial charge in [0.15, 0.2) is 0 Å². The molecule has 162 valence electrons. The second-order valence-corrected chi connectivity index (χ2v) is 8.56. The van der Waals surface area contributed by atoms with E-state index in [2.05, 4.69) is 39.1 Å². The maximum Gasteiger partial charge on any atom is 0.354 e. The van der Waals surface area contributed by atoms with Crippen LogP contribution in [0.25, 0.3) is 17.2 Å². The predicted octanol–water partition coefficient (Wildman–Crippen LogP) is 7.12. The van der Waals surface area contributed by atoms with Gasteiger partial charge in [-0.25, -0.2) is 9.78 Å². The third kappa shape index (κ3) is 5.35. The van der Waals surface area contributed by atoms with E-state index >= 15 is 0 Å². The second kappa shape index (κ2) is 10.4. The van der Waals surface area contributed by atoms with Crippen LogP contribution in [0.1, 0.15) is 53.0 Å². The van der Waals surface area contributed by atoms with Gasteiger partial charge < -0.3 is 9.84 Å². The molecular weight excluding hydrogens is 466 g/mol. The highest BCUT2D eigenvalue weighted by atomic mass is 79.9. The Kier molecular flexibility index (Phi) is 7.17. The number of aromatic carboxylic acids is 1. The van der Waals surface area contributed by atoms with Gasteiger partial charge in [0.2, 0.25) is 0 Å². The Bertz CT molecular complexity index is 1170. The first kappa shape index (κ1) is 22.0. The maximum atomic E-state index is 11.4. The van der Waals surface area contributed by atoms with E-state index in [9.17, 15) is 9.90 Å². The fraction of sp³-hybridized carbons (Fsp3) is 0.185. The molecule has 3 aromatic rings. The van der Waals surface area contributed by atoms with Gasteiger partial charge >= 0.3 is 5.97 Å². The third-order valence-electron chi connectivity index (χ3n) is 5.46. The standard InChI is InChI=1S/C27H24BrNO3/c28-20-15-16-26(32-17-7-10-19-8-2-1-3-9-19)23(18-20)21-11-4-5-12-22(21)24-13-6-14-25(29-24)27(30)31/h1-3,6-10,13-16,18H,4-5,11-12,17H2,(H,30,31)/b10-7+. The number of hydrogen-bond acceptors (Lipinski definition) is 3. The van der Waals surface area contributed by atoms with Crippen LogP contribution in [0.5, 0.6) is 5.75 Å². The minimum atomic E-state index is -1.01. The number of rotatable bonds is 7. The summed E-state index contributed by atoms with van der Waals surface area (Å²) in [4.78, 5) is 15.8. The number of benzene rings is 2. The topological polar surface area (TPSA) is 59.4 Å². The maximum absolute atomic E-state index is 11.4. The first-order chi connectivity index (χ1) is 15.6. The van der Waals surface area contributed by atoms with Crippen LogP contribution in [0.2, 0.25) is 0 Å². The molecule has 1 aliphatic rings. The number of carboxylic acid groups (broad SMARTS) is 1. The quantitative estimate of drug-likeness (QED) is 0.383. The summed E-state index contributed by atoms with van der Waals surface area (Å²) < 4.78 is 7.13. The van der Waals surface area contributed by atoms with Crippen molar-refractivity contribution in [3.8, 4) is 5.75 Å². The Balaban J connectivity index is 1.66. The molecule has 0 aliphatic heterocycles. The average molecular weight is 490 g/mol. The van der Waals surface area contributed by atoms with Crippen molar-refractivity contribution < 1.29 is 14.6 Å². The molecule has 0 spiro atoms. The molecule has 0 saturated heterocycles. The van der Waals surface area contributed by atoms with Crippen molar-refractivity contribution in [3.05, 3.63) is 99.8 Å². The zero-order chi connectivity index (χ0) is 22.3. The van der Waals surface area contributed by atoms with Crippen LogP contribution in [-0.2, 0) is 0 Å². The van der Waals surface area contributed by atoms with Gasteiger partial charge in [0.25, 0.3) is 0 Å². The number of carbonyl (C=O) groups is 1. The van der Waals surface area contributed by atoms with E-state index in [1.54, 1.807) is 6.07 Å². The summed E-state index contributed by atoms with van der Waals surface area (Å²) in [6.07, 6.45) is 7.96. The summed E-state index contributed by atoms with van der Waals surface area (Å²) in [7, 11) is 0. The molecule has 0 radical (unpaired) electrons. The molecule has 1 aromatic heterocycles. The fourth-order valence-electron chi connectivity index (χ4n) is 3.96. The SMILES string of the molecule is O=C(O)c1cccc(C2=C(c3cc(Br)ccc3OC/C=C/c3ccccc3)CCCC2)n1. The van der Waals surface area contributed by atoms with Gasteiger partial charge in [0.05, 0.1) is 5.69 Å². The van der Waals surface area contributed by atoms with Crippen molar-refractivity contribution in [2.75, 3.05) is 6.61 Å². The van der Waals surface area contributed by atoms with E-state index < -0.39 is 5.97 Å². The van der Waals surface area contributed by atoms with Crippen LogP contribution in [0.3, 0.4) is 0 Å². The highest BCUT2D eigenvalue weighted by Crippen LogP contribution is 2.41. The predicted molar refractivity (Wildman–Crippen MR) is 132 cm³/mol. The Morgan fingerprint density at radius 1 is 1.00 bits per heavy atom. The molecule has 4 rings (SSSR count). The molecule has 0 atom stereocenters. The van der Waals surface area contributed by atoms with E-state index in [-0.39, 0.29) is 5.69 Å². The van der Waals surface area contributed by atoms with Gasteiger partial charge in [0.1, 0.15) is 18.1 Å². The number of carboxylic acids is 1. The van der Waals surface area contributed by atoms with Crippen LogP contribution in [0.4, 0.5) is 0 Å². The number of nitrogens with zero attached hydrogens (tertiary/aromatic N) is 1. The number of pyridine rings is 1. The number of halogens is 1. The van der Waals surface area contributed by atoms with Gasteiger partial charge in [-0.1, -0.05) is 58.4 Å². The first-order valence-electron chi connectivity index (χ1n) is 10.7. The Hall–Kier alpha value is -3.18. The van der Waals surface area contributed by atoms with E-state index in [1.165, 1.54) is 11.6 Å². The van der Waals surface area contributed by atoms with E-state index in [1.807, 2.05) is 48.6 Å². The molecule has 0 fully saturated rings. The summed E-state index contributed by atoms with van der Waals surface area (Å²) in [5, 5.41) is 9.36. The molecule has 1 N–H and O–H groups in total. The molecule has 5 heteroatoms. The molecule has 0 unspecified atom stereocenters. The molecule has 2 aromatic carbocycles. The van der Waals surface area contributed by atoms with E-state index in [4.69, 9.17) is 4.74 Å². The van der Waals surface area contributed by atoms with Gasteiger partial charge in [0, 0.05) is 10.0 Å². The van der Waals surface area contributed by atoms with Crippen molar-refractivity contribution in [1.82, 2.24) is 4.98 Å². The molecule has 0 saturated carbocycles. The van der Waals surface area contributed by atoms with Crippen LogP contribution in [-0.4, -0.2) is 22.7 Å². The largest absolute Gasteiger partial charge is 0.489 e. The smallest absolute Gasteiger partial charge is 0.354 e.